The normalized spacial score (nSPS) is 17.5. The Bertz CT molecular complexity index is 559. The third-order valence-corrected chi connectivity index (χ3v) is 3.65. The number of amides is 1. The number of benzene rings is 1. The molecule has 2 rings (SSSR count). The van der Waals surface area contributed by atoms with E-state index in [1.807, 2.05) is 0 Å². The van der Waals surface area contributed by atoms with Gasteiger partial charge in [0.25, 0.3) is 11.6 Å². The summed E-state index contributed by atoms with van der Waals surface area (Å²) in [6.45, 7) is 1.81. The first kappa shape index (κ1) is 15.5. The smallest absolute Gasteiger partial charge is 0.294 e. The van der Waals surface area contributed by atoms with Crippen LogP contribution in [0.25, 0.3) is 0 Å². The van der Waals surface area contributed by atoms with Crippen molar-refractivity contribution in [1.82, 2.24) is 5.32 Å². The van der Waals surface area contributed by atoms with Gasteiger partial charge in [0.2, 0.25) is 0 Å². The summed E-state index contributed by atoms with van der Waals surface area (Å²) in [4.78, 5) is 22.5. The molecular formula is C13H16ClN3O4. The Morgan fingerprint density at radius 1 is 1.57 bits per heavy atom. The van der Waals surface area contributed by atoms with Crippen LogP contribution < -0.4 is 10.6 Å². The highest BCUT2D eigenvalue weighted by Crippen LogP contribution is 2.33. The van der Waals surface area contributed by atoms with Crippen molar-refractivity contribution in [2.24, 2.45) is 5.92 Å². The SMILES string of the molecule is CNc1c(Cl)cc(C(=O)NCC2CCOC2)cc1[N+](=O)[O-]. The van der Waals surface area contributed by atoms with Crippen molar-refractivity contribution < 1.29 is 14.5 Å². The van der Waals surface area contributed by atoms with Crippen LogP contribution in [0.5, 0.6) is 0 Å². The van der Waals surface area contributed by atoms with Crippen LogP contribution in [0.1, 0.15) is 16.8 Å². The van der Waals surface area contributed by atoms with Gasteiger partial charge >= 0.3 is 0 Å². The molecule has 0 bridgehead atoms. The minimum absolute atomic E-state index is 0.140. The maximum absolute atomic E-state index is 12.1. The van der Waals surface area contributed by atoms with E-state index in [0.29, 0.717) is 19.8 Å². The van der Waals surface area contributed by atoms with Gasteiger partial charge < -0.3 is 15.4 Å². The predicted molar refractivity (Wildman–Crippen MR) is 78.9 cm³/mol. The van der Waals surface area contributed by atoms with Crippen molar-refractivity contribution in [1.29, 1.82) is 0 Å². The number of nitro benzene ring substituents is 1. The van der Waals surface area contributed by atoms with E-state index in [0.717, 1.165) is 6.42 Å². The number of anilines is 1. The van der Waals surface area contributed by atoms with Crippen molar-refractivity contribution in [3.8, 4) is 0 Å². The number of nitrogens with zero attached hydrogens (tertiary/aromatic N) is 1. The van der Waals surface area contributed by atoms with Gasteiger partial charge in [-0.05, 0) is 12.5 Å². The largest absolute Gasteiger partial charge is 0.381 e. The number of carbonyl (C=O) groups is 1. The third kappa shape index (κ3) is 3.62. The van der Waals surface area contributed by atoms with Gasteiger partial charge in [-0.25, -0.2) is 0 Å². The quantitative estimate of drug-likeness (QED) is 0.641. The van der Waals surface area contributed by atoms with Crippen LogP contribution in [0.4, 0.5) is 11.4 Å². The maximum atomic E-state index is 12.1. The van der Waals surface area contributed by atoms with Crippen LogP contribution in [-0.4, -0.2) is 37.6 Å². The monoisotopic (exact) mass is 313 g/mol. The van der Waals surface area contributed by atoms with E-state index in [9.17, 15) is 14.9 Å². The number of halogens is 1. The van der Waals surface area contributed by atoms with Crippen LogP contribution in [0.15, 0.2) is 12.1 Å². The van der Waals surface area contributed by atoms with Crippen molar-refractivity contribution in [2.45, 2.75) is 6.42 Å². The molecule has 0 aliphatic carbocycles. The maximum Gasteiger partial charge on any atom is 0.294 e. The first-order chi connectivity index (χ1) is 10.0. The van der Waals surface area contributed by atoms with Gasteiger partial charge in [0.05, 0.1) is 16.6 Å². The molecule has 0 aromatic heterocycles. The van der Waals surface area contributed by atoms with Crippen molar-refractivity contribution >= 4 is 28.9 Å². The second-order valence-corrected chi connectivity index (χ2v) is 5.21. The Hall–Kier alpha value is -1.86. The van der Waals surface area contributed by atoms with Crippen LogP contribution in [0.2, 0.25) is 5.02 Å². The second-order valence-electron chi connectivity index (χ2n) is 4.80. The molecule has 0 spiro atoms. The standard InChI is InChI=1S/C13H16ClN3O4/c1-15-12-10(14)4-9(5-11(12)17(19)20)13(18)16-6-8-2-3-21-7-8/h4-5,8,15H,2-3,6-7H2,1H3,(H,16,18). The van der Waals surface area contributed by atoms with Gasteiger partial charge in [0.1, 0.15) is 5.69 Å². The molecule has 7 nitrogen and oxygen atoms in total. The summed E-state index contributed by atoms with van der Waals surface area (Å²) in [7, 11) is 1.54. The summed E-state index contributed by atoms with van der Waals surface area (Å²) in [6, 6.07) is 2.64. The molecule has 114 valence electrons. The topological polar surface area (TPSA) is 93.5 Å². The Morgan fingerprint density at radius 3 is 2.90 bits per heavy atom. The Kier molecular flexibility index (Phi) is 4.98. The highest BCUT2D eigenvalue weighted by Gasteiger charge is 2.22. The summed E-state index contributed by atoms with van der Waals surface area (Å²) in [5, 5.41) is 16.6. The number of hydrogen-bond donors (Lipinski definition) is 2. The fraction of sp³-hybridized carbons (Fsp3) is 0.462. The van der Waals surface area contributed by atoms with Gasteiger partial charge in [-0.15, -0.1) is 0 Å². The van der Waals surface area contributed by atoms with Gasteiger partial charge in [-0.1, -0.05) is 11.6 Å². The van der Waals surface area contributed by atoms with Gasteiger partial charge in [0, 0.05) is 37.7 Å². The lowest BCUT2D eigenvalue weighted by Gasteiger charge is -2.11. The fourth-order valence-electron chi connectivity index (χ4n) is 2.20. The highest BCUT2D eigenvalue weighted by atomic mass is 35.5. The zero-order chi connectivity index (χ0) is 15.4. The zero-order valence-electron chi connectivity index (χ0n) is 11.5. The molecule has 1 aliphatic rings. The first-order valence-electron chi connectivity index (χ1n) is 6.54. The summed E-state index contributed by atoms with van der Waals surface area (Å²) in [5.41, 5.74) is 0.145. The van der Waals surface area contributed by atoms with Crippen molar-refractivity contribution in [3.05, 3.63) is 32.8 Å². The lowest BCUT2D eigenvalue weighted by molar-refractivity contribution is -0.383. The summed E-state index contributed by atoms with van der Waals surface area (Å²) in [5.74, 6) is -0.0921. The van der Waals surface area contributed by atoms with E-state index in [-0.39, 0.29) is 33.8 Å². The number of rotatable bonds is 5. The molecule has 1 aliphatic heterocycles. The highest BCUT2D eigenvalue weighted by molar-refractivity contribution is 6.34. The number of nitro groups is 1. The molecule has 1 aromatic rings. The van der Waals surface area contributed by atoms with E-state index < -0.39 is 4.92 Å². The van der Waals surface area contributed by atoms with E-state index in [4.69, 9.17) is 16.3 Å². The first-order valence-corrected chi connectivity index (χ1v) is 6.92. The zero-order valence-corrected chi connectivity index (χ0v) is 12.3. The summed E-state index contributed by atoms with van der Waals surface area (Å²) < 4.78 is 5.23. The van der Waals surface area contributed by atoms with Gasteiger partial charge in [-0.3, -0.25) is 14.9 Å². The fourth-order valence-corrected chi connectivity index (χ4v) is 2.51. The molecule has 0 radical (unpaired) electrons. The second kappa shape index (κ2) is 6.73. The van der Waals surface area contributed by atoms with E-state index in [1.54, 1.807) is 0 Å². The molecular weight excluding hydrogens is 298 g/mol. The average molecular weight is 314 g/mol. The Morgan fingerprint density at radius 2 is 2.33 bits per heavy atom. The molecule has 1 unspecified atom stereocenters. The van der Waals surface area contributed by atoms with Crippen LogP contribution in [0.3, 0.4) is 0 Å². The van der Waals surface area contributed by atoms with Crippen molar-refractivity contribution in [3.63, 3.8) is 0 Å². The molecule has 8 heteroatoms. The lowest BCUT2D eigenvalue weighted by atomic mass is 10.1. The average Bonchev–Trinajstić information content (AvgIpc) is 2.96. The minimum atomic E-state index is -0.570. The van der Waals surface area contributed by atoms with E-state index in [1.165, 1.54) is 19.2 Å². The van der Waals surface area contributed by atoms with Crippen LogP contribution in [0, 0.1) is 16.0 Å². The predicted octanol–water partition coefficient (Wildman–Crippen LogP) is 2.06. The van der Waals surface area contributed by atoms with Gasteiger partial charge in [0.15, 0.2) is 0 Å². The number of ether oxygens (including phenoxy) is 1. The summed E-state index contributed by atoms with van der Waals surface area (Å²) in [6.07, 6.45) is 0.903. The lowest BCUT2D eigenvalue weighted by Crippen LogP contribution is -2.29. The number of carbonyl (C=O) groups excluding carboxylic acids is 1. The Labute approximate surface area is 126 Å². The molecule has 1 amide bonds. The molecule has 1 saturated heterocycles. The number of hydrogen-bond acceptors (Lipinski definition) is 5. The Balaban J connectivity index is 2.14. The minimum Gasteiger partial charge on any atom is -0.381 e. The van der Waals surface area contributed by atoms with Gasteiger partial charge in [-0.2, -0.15) is 0 Å². The van der Waals surface area contributed by atoms with Crippen LogP contribution in [-0.2, 0) is 4.74 Å². The molecule has 1 heterocycles. The third-order valence-electron chi connectivity index (χ3n) is 3.35. The van der Waals surface area contributed by atoms with Crippen molar-refractivity contribution in [2.75, 3.05) is 32.1 Å². The molecule has 0 saturated carbocycles. The molecule has 2 N–H and O–H groups in total. The van der Waals surface area contributed by atoms with E-state index >= 15 is 0 Å². The molecule has 1 atom stereocenters. The molecule has 1 aromatic carbocycles. The number of nitrogens with one attached hydrogen (secondary N) is 2. The molecule has 1 fully saturated rings. The van der Waals surface area contributed by atoms with E-state index in [2.05, 4.69) is 10.6 Å². The molecule has 21 heavy (non-hydrogen) atoms. The van der Waals surface area contributed by atoms with Crippen LogP contribution >= 0.6 is 11.6 Å². The summed E-state index contributed by atoms with van der Waals surface area (Å²) >= 11 is 5.98.